The van der Waals surface area contributed by atoms with Crippen LogP contribution < -0.4 is 0 Å². The number of unbranched alkanes of at least 4 members (excludes halogenated alkanes) is 11. The summed E-state index contributed by atoms with van der Waals surface area (Å²) < 4.78 is 0. The summed E-state index contributed by atoms with van der Waals surface area (Å²) in [5.74, 6) is 0. The molecule has 0 aliphatic rings. The molecule has 0 aromatic heterocycles. The molecule has 0 heterocycles. The van der Waals surface area contributed by atoms with Gasteiger partial charge in [0.2, 0.25) is 0 Å². The second-order valence-corrected chi connectivity index (χ2v) is 8.44. The van der Waals surface area contributed by atoms with Crippen LogP contribution in [-0.4, -0.2) is 11.2 Å². The largest absolute Gasteiger partial charge is 0.393 e. The molecule has 1 nitrogen and oxygen atoms in total. The van der Waals surface area contributed by atoms with E-state index in [0.717, 1.165) is 11.8 Å². The molecule has 0 aliphatic heterocycles. The lowest BCUT2D eigenvalue weighted by atomic mass is 9.81. The monoisotopic (exact) mass is 345 g/mol. The van der Waals surface area contributed by atoms with Crippen LogP contribution in [0, 0.1) is 10.8 Å². The van der Waals surface area contributed by atoms with Crippen molar-refractivity contribution in [3.63, 3.8) is 0 Å². The van der Waals surface area contributed by atoms with E-state index in [1.165, 1.54) is 77.0 Å². The van der Waals surface area contributed by atoms with Crippen LogP contribution in [0.5, 0.6) is 0 Å². The summed E-state index contributed by atoms with van der Waals surface area (Å²) in [6.07, 6.45) is 18.1. The highest BCUT2D eigenvalue weighted by molar-refractivity contribution is 6.27. The Balaban J connectivity index is 3.41. The zero-order valence-corrected chi connectivity index (χ0v) is 17.1. The van der Waals surface area contributed by atoms with Crippen molar-refractivity contribution in [1.82, 2.24) is 0 Å². The molecule has 0 fully saturated rings. The lowest BCUT2D eigenvalue weighted by molar-refractivity contribution is 0.178. The SMILES string of the molecule is CCCCCCCCCCCCCCC(C)(C)[C](Cl)CC(C)O. The molecule has 0 aromatic carbocycles. The van der Waals surface area contributed by atoms with Crippen molar-refractivity contribution < 1.29 is 5.11 Å². The van der Waals surface area contributed by atoms with Crippen molar-refractivity contribution in [3.8, 4) is 0 Å². The van der Waals surface area contributed by atoms with Crippen LogP contribution in [0.2, 0.25) is 0 Å². The second kappa shape index (κ2) is 14.6. The van der Waals surface area contributed by atoms with Crippen molar-refractivity contribution in [2.45, 2.75) is 124 Å². The first-order chi connectivity index (χ1) is 10.9. The fraction of sp³-hybridized carbons (Fsp3) is 0.952. The highest BCUT2D eigenvalue weighted by Gasteiger charge is 2.28. The van der Waals surface area contributed by atoms with Crippen LogP contribution >= 0.6 is 11.6 Å². The lowest BCUT2D eigenvalue weighted by Crippen LogP contribution is -2.21. The first kappa shape index (κ1) is 23.2. The summed E-state index contributed by atoms with van der Waals surface area (Å²) in [4.78, 5) is 0. The first-order valence-corrected chi connectivity index (χ1v) is 10.5. The average Bonchev–Trinajstić information content (AvgIpc) is 2.47. The number of hydrogen-bond donors (Lipinski definition) is 1. The third-order valence-electron chi connectivity index (χ3n) is 4.86. The zero-order chi connectivity index (χ0) is 17.6. The molecule has 1 unspecified atom stereocenters. The third-order valence-corrected chi connectivity index (χ3v) is 5.53. The molecule has 1 N–H and O–H groups in total. The van der Waals surface area contributed by atoms with Crippen molar-refractivity contribution in [3.05, 3.63) is 5.38 Å². The van der Waals surface area contributed by atoms with Crippen LogP contribution in [0.4, 0.5) is 0 Å². The minimum Gasteiger partial charge on any atom is -0.393 e. The Bertz CT molecular complexity index is 250. The van der Waals surface area contributed by atoms with E-state index in [-0.39, 0.29) is 11.5 Å². The molecule has 0 spiro atoms. The first-order valence-electron chi connectivity index (χ1n) is 10.1. The number of halogens is 1. The van der Waals surface area contributed by atoms with Crippen molar-refractivity contribution in [2.75, 3.05) is 0 Å². The summed E-state index contributed by atoms with van der Waals surface area (Å²) in [5.41, 5.74) is 0.0526. The Labute approximate surface area is 151 Å². The topological polar surface area (TPSA) is 20.2 Å². The molecule has 1 atom stereocenters. The van der Waals surface area contributed by atoms with Gasteiger partial charge in [-0.15, -0.1) is 11.6 Å². The summed E-state index contributed by atoms with van der Waals surface area (Å²) in [6.45, 7) is 8.50. The molecule has 23 heavy (non-hydrogen) atoms. The fourth-order valence-electron chi connectivity index (χ4n) is 3.08. The molecule has 2 heteroatoms. The molecule has 0 saturated carbocycles. The highest BCUT2D eigenvalue weighted by atomic mass is 35.5. The van der Waals surface area contributed by atoms with Crippen LogP contribution in [0.15, 0.2) is 0 Å². The van der Waals surface area contributed by atoms with E-state index in [2.05, 4.69) is 20.8 Å². The molecule has 0 aliphatic carbocycles. The molecule has 0 aromatic rings. The van der Waals surface area contributed by atoms with Gasteiger partial charge < -0.3 is 5.11 Å². The van der Waals surface area contributed by atoms with E-state index in [9.17, 15) is 5.11 Å². The normalized spacial score (nSPS) is 13.7. The predicted octanol–water partition coefficient (Wildman–Crippen LogP) is 7.65. The molecule has 0 rings (SSSR count). The van der Waals surface area contributed by atoms with E-state index < -0.39 is 0 Å². The van der Waals surface area contributed by atoms with Crippen molar-refractivity contribution in [2.24, 2.45) is 5.41 Å². The van der Waals surface area contributed by atoms with Gasteiger partial charge in [-0.2, -0.15) is 0 Å². The van der Waals surface area contributed by atoms with Gasteiger partial charge in [0.1, 0.15) is 0 Å². The maximum absolute atomic E-state index is 9.45. The summed E-state index contributed by atoms with van der Waals surface area (Å²) in [5, 5.41) is 10.4. The average molecular weight is 346 g/mol. The van der Waals surface area contributed by atoms with Gasteiger partial charge in [0.05, 0.1) is 11.5 Å². The van der Waals surface area contributed by atoms with E-state index in [1.54, 1.807) is 0 Å². The van der Waals surface area contributed by atoms with E-state index in [4.69, 9.17) is 11.6 Å². The number of hydrogen-bond acceptors (Lipinski definition) is 1. The molecule has 0 bridgehead atoms. The molecule has 139 valence electrons. The molecule has 0 amide bonds. The Morgan fingerprint density at radius 1 is 0.826 bits per heavy atom. The second-order valence-electron chi connectivity index (χ2n) is 7.98. The van der Waals surface area contributed by atoms with Gasteiger partial charge in [-0.1, -0.05) is 97.8 Å². The van der Waals surface area contributed by atoms with Gasteiger partial charge in [0.25, 0.3) is 0 Å². The van der Waals surface area contributed by atoms with Crippen LogP contribution in [-0.2, 0) is 0 Å². The van der Waals surface area contributed by atoms with Gasteiger partial charge in [-0.05, 0) is 25.2 Å². The Kier molecular flexibility index (Phi) is 14.7. The molecule has 1 radical (unpaired) electrons. The lowest BCUT2D eigenvalue weighted by Gasteiger charge is -2.30. The Morgan fingerprint density at radius 3 is 1.61 bits per heavy atom. The van der Waals surface area contributed by atoms with E-state index in [1.807, 2.05) is 6.92 Å². The fourth-order valence-corrected chi connectivity index (χ4v) is 3.40. The maximum atomic E-state index is 9.45. The van der Waals surface area contributed by atoms with E-state index in [0.29, 0.717) is 6.42 Å². The highest BCUT2D eigenvalue weighted by Crippen LogP contribution is 2.40. The quantitative estimate of drug-likeness (QED) is 0.285. The minimum absolute atomic E-state index is 0.0526. The van der Waals surface area contributed by atoms with Crippen LogP contribution in [0.25, 0.3) is 0 Å². The number of rotatable bonds is 16. The molecule has 0 saturated heterocycles. The number of aliphatic hydroxyl groups is 1. The summed E-state index contributed by atoms with van der Waals surface area (Å²) in [7, 11) is 0. The van der Waals surface area contributed by atoms with Gasteiger partial charge >= 0.3 is 0 Å². The maximum Gasteiger partial charge on any atom is 0.0719 e. The Morgan fingerprint density at radius 2 is 1.22 bits per heavy atom. The minimum atomic E-state index is -0.330. The van der Waals surface area contributed by atoms with Gasteiger partial charge in [0, 0.05) is 0 Å². The molecular formula is C21H42ClO. The van der Waals surface area contributed by atoms with Gasteiger partial charge in [0.15, 0.2) is 0 Å². The third kappa shape index (κ3) is 14.3. The van der Waals surface area contributed by atoms with Crippen LogP contribution in [0.1, 0.15) is 118 Å². The van der Waals surface area contributed by atoms with Gasteiger partial charge in [-0.3, -0.25) is 0 Å². The van der Waals surface area contributed by atoms with Crippen molar-refractivity contribution in [1.29, 1.82) is 0 Å². The van der Waals surface area contributed by atoms with Crippen molar-refractivity contribution >= 4 is 11.6 Å². The smallest absolute Gasteiger partial charge is 0.0719 e. The number of aliphatic hydroxyl groups excluding tert-OH is 1. The summed E-state index contributed by atoms with van der Waals surface area (Å²) >= 11 is 6.37. The molecular weight excluding hydrogens is 304 g/mol. The summed E-state index contributed by atoms with van der Waals surface area (Å²) in [6, 6.07) is 0. The Hall–Kier alpha value is 0.250. The van der Waals surface area contributed by atoms with Crippen LogP contribution in [0.3, 0.4) is 0 Å². The predicted molar refractivity (Wildman–Crippen MR) is 105 cm³/mol. The van der Waals surface area contributed by atoms with E-state index >= 15 is 0 Å². The standard InChI is InChI=1S/C21H42ClO/c1-5-6-7-8-9-10-11-12-13-14-15-16-17-21(3,4)20(22)18-19(2)23/h19,23H,5-18H2,1-4H3. The zero-order valence-electron chi connectivity index (χ0n) is 16.3. The van der Waals surface area contributed by atoms with Gasteiger partial charge in [-0.25, -0.2) is 0 Å².